The van der Waals surface area contributed by atoms with E-state index in [2.05, 4.69) is 10.3 Å². The van der Waals surface area contributed by atoms with Crippen LogP contribution in [0.5, 0.6) is 0 Å². The number of anilines is 1. The average molecular weight is 489 g/mol. The van der Waals surface area contributed by atoms with Gasteiger partial charge in [-0.25, -0.2) is 9.97 Å². The Hall–Kier alpha value is -3.40. The Morgan fingerprint density at radius 1 is 1.20 bits per heavy atom. The number of benzene rings is 1. The fraction of sp³-hybridized carbons (Fsp3) is 0.400. The highest BCUT2D eigenvalue weighted by molar-refractivity contribution is 5.92. The molecule has 2 aromatic rings. The van der Waals surface area contributed by atoms with Crippen molar-refractivity contribution in [2.45, 2.75) is 50.9 Å². The highest BCUT2D eigenvalue weighted by Crippen LogP contribution is 2.32. The minimum atomic E-state index is -5.06. The van der Waals surface area contributed by atoms with Gasteiger partial charge in [0.15, 0.2) is 5.82 Å². The lowest BCUT2D eigenvalue weighted by molar-refractivity contribution is -0.245. The lowest BCUT2D eigenvalue weighted by Gasteiger charge is -2.35. The third kappa shape index (κ3) is 5.02. The lowest BCUT2D eigenvalue weighted by atomic mass is 10.0. The van der Waals surface area contributed by atoms with Crippen molar-refractivity contribution in [1.29, 1.82) is 0 Å². The summed E-state index contributed by atoms with van der Waals surface area (Å²) in [5.74, 6) is -0.343. The SMILES string of the molecule is Cc1ccc2c(N3CCC(NC(=O)C(C)(O)C(F)(F)F)CC3)nc(C3=CC=CCC=C3O)nc2c1. The zero-order valence-electron chi connectivity index (χ0n) is 19.4. The van der Waals surface area contributed by atoms with Crippen molar-refractivity contribution in [3.63, 3.8) is 0 Å². The molecule has 10 heteroatoms. The first-order valence-corrected chi connectivity index (χ1v) is 11.4. The van der Waals surface area contributed by atoms with Gasteiger partial charge in [-0.05, 0) is 63.0 Å². The number of carbonyl (C=O) groups is 1. The summed E-state index contributed by atoms with van der Waals surface area (Å²) in [5.41, 5.74) is -1.22. The van der Waals surface area contributed by atoms with Gasteiger partial charge in [0, 0.05) is 24.5 Å². The third-order valence-electron chi connectivity index (χ3n) is 6.32. The summed E-state index contributed by atoms with van der Waals surface area (Å²) in [4.78, 5) is 23.5. The van der Waals surface area contributed by atoms with Gasteiger partial charge in [-0.2, -0.15) is 13.2 Å². The summed E-state index contributed by atoms with van der Waals surface area (Å²) in [7, 11) is 0. The Balaban J connectivity index is 1.59. The number of piperidine rings is 1. The topological polar surface area (TPSA) is 98.6 Å². The largest absolute Gasteiger partial charge is 0.508 e. The van der Waals surface area contributed by atoms with Crippen LogP contribution < -0.4 is 10.2 Å². The maximum atomic E-state index is 13.0. The molecular formula is C25H27F3N4O3. The van der Waals surface area contributed by atoms with Crippen LogP contribution in [-0.4, -0.2) is 57.0 Å². The van der Waals surface area contributed by atoms with Crippen LogP contribution in [0.3, 0.4) is 0 Å². The normalized spacial score (nSPS) is 19.1. The van der Waals surface area contributed by atoms with Gasteiger partial charge in [-0.15, -0.1) is 0 Å². The number of halogens is 3. The number of alkyl halides is 3. The number of aryl methyl sites for hydroxylation is 1. The summed E-state index contributed by atoms with van der Waals surface area (Å²) < 4.78 is 38.9. The number of aliphatic hydroxyl groups is 2. The second-order valence-electron chi connectivity index (χ2n) is 9.03. The molecular weight excluding hydrogens is 461 g/mol. The molecule has 0 bridgehead atoms. The fourth-order valence-electron chi connectivity index (χ4n) is 4.08. The lowest BCUT2D eigenvalue weighted by Crippen LogP contribution is -2.58. The Bertz CT molecular complexity index is 1230. The zero-order valence-corrected chi connectivity index (χ0v) is 19.4. The van der Waals surface area contributed by atoms with Gasteiger partial charge in [0.25, 0.3) is 5.91 Å². The van der Waals surface area contributed by atoms with Crippen molar-refractivity contribution in [2.75, 3.05) is 18.0 Å². The molecule has 1 unspecified atom stereocenters. The maximum absolute atomic E-state index is 13.0. The maximum Gasteiger partial charge on any atom is 0.426 e. The number of nitrogens with one attached hydrogen (secondary N) is 1. The molecule has 1 aliphatic heterocycles. The van der Waals surface area contributed by atoms with E-state index in [0.717, 1.165) is 10.9 Å². The highest BCUT2D eigenvalue weighted by Gasteiger charge is 2.56. The highest BCUT2D eigenvalue weighted by atomic mass is 19.4. The molecule has 2 heterocycles. The van der Waals surface area contributed by atoms with Crippen LogP contribution in [0.4, 0.5) is 19.0 Å². The first kappa shape index (κ1) is 24.7. The van der Waals surface area contributed by atoms with E-state index in [9.17, 15) is 28.2 Å². The number of nitrogens with zero attached hydrogens (tertiary/aromatic N) is 3. The monoisotopic (exact) mass is 488 g/mol. The molecule has 186 valence electrons. The quantitative estimate of drug-likeness (QED) is 0.599. The van der Waals surface area contributed by atoms with Crippen LogP contribution in [0.2, 0.25) is 0 Å². The van der Waals surface area contributed by atoms with E-state index in [1.54, 1.807) is 12.2 Å². The molecule has 4 rings (SSSR count). The minimum Gasteiger partial charge on any atom is -0.508 e. The van der Waals surface area contributed by atoms with E-state index in [0.29, 0.717) is 62.0 Å². The van der Waals surface area contributed by atoms with Crippen molar-refractivity contribution in [2.24, 2.45) is 0 Å². The van der Waals surface area contributed by atoms with Crippen molar-refractivity contribution in [3.8, 4) is 0 Å². The molecule has 2 aliphatic rings. The van der Waals surface area contributed by atoms with Crippen molar-refractivity contribution >= 4 is 28.2 Å². The van der Waals surface area contributed by atoms with Crippen molar-refractivity contribution in [1.82, 2.24) is 15.3 Å². The summed E-state index contributed by atoms with van der Waals surface area (Å²) in [6.45, 7) is 3.27. The molecule has 0 spiro atoms. The molecule has 7 nitrogen and oxygen atoms in total. The number of rotatable bonds is 4. The number of fused-ring (bicyclic) bond motifs is 1. The van der Waals surface area contributed by atoms with E-state index in [-0.39, 0.29) is 5.76 Å². The summed E-state index contributed by atoms with van der Waals surface area (Å²) in [6, 6.07) is 5.30. The molecule has 1 aromatic heterocycles. The Morgan fingerprint density at radius 2 is 1.91 bits per heavy atom. The van der Waals surface area contributed by atoms with Gasteiger partial charge in [0.1, 0.15) is 11.6 Å². The molecule has 35 heavy (non-hydrogen) atoms. The molecule has 1 amide bonds. The molecule has 3 N–H and O–H groups in total. The number of aromatic nitrogens is 2. The molecule has 1 aromatic carbocycles. The Morgan fingerprint density at radius 3 is 2.60 bits per heavy atom. The first-order valence-electron chi connectivity index (χ1n) is 11.4. The Kier molecular flexibility index (Phi) is 6.59. The number of amides is 1. The van der Waals surface area contributed by atoms with Crippen LogP contribution >= 0.6 is 0 Å². The van der Waals surface area contributed by atoms with Crippen LogP contribution in [0.15, 0.2) is 48.3 Å². The minimum absolute atomic E-state index is 0.0890. The number of carbonyl (C=O) groups excluding carboxylic acids is 1. The van der Waals surface area contributed by atoms with E-state index in [4.69, 9.17) is 4.98 Å². The van der Waals surface area contributed by atoms with Crippen molar-refractivity contribution in [3.05, 3.63) is 59.7 Å². The zero-order chi connectivity index (χ0) is 25.4. The van der Waals surface area contributed by atoms with E-state index >= 15 is 0 Å². The van der Waals surface area contributed by atoms with E-state index < -0.39 is 23.7 Å². The predicted octanol–water partition coefficient (Wildman–Crippen LogP) is 4.12. The summed E-state index contributed by atoms with van der Waals surface area (Å²) >= 11 is 0. The Labute approximate surface area is 200 Å². The van der Waals surface area contributed by atoms with Gasteiger partial charge in [-0.1, -0.05) is 18.2 Å². The first-order chi connectivity index (χ1) is 16.5. The molecule has 0 radical (unpaired) electrons. The number of allylic oxidation sites excluding steroid dienone is 5. The number of hydrogen-bond acceptors (Lipinski definition) is 6. The van der Waals surface area contributed by atoms with Crippen LogP contribution in [0.25, 0.3) is 16.5 Å². The third-order valence-corrected chi connectivity index (χ3v) is 6.32. The molecule has 1 fully saturated rings. The van der Waals surface area contributed by atoms with Crippen molar-refractivity contribution < 1.29 is 28.2 Å². The average Bonchev–Trinajstić information content (AvgIpc) is 3.02. The van der Waals surface area contributed by atoms with E-state index in [1.807, 2.05) is 42.2 Å². The number of hydrogen-bond donors (Lipinski definition) is 3. The summed E-state index contributed by atoms with van der Waals surface area (Å²) in [6.07, 6.45) is 3.47. The fourth-order valence-corrected chi connectivity index (χ4v) is 4.08. The van der Waals surface area contributed by atoms with Gasteiger partial charge >= 0.3 is 6.18 Å². The molecule has 1 atom stereocenters. The van der Waals surface area contributed by atoms with E-state index in [1.165, 1.54) is 0 Å². The standard InChI is InChI=1S/C25H27F3N4O3/c1-15-8-9-17-19(14-15)30-21(18-6-4-3-5-7-20(18)33)31-22(17)32-12-10-16(11-13-32)29-23(34)24(2,35)25(26,27)28/h3-4,6-9,14,16,33,35H,5,10-13H2,1-2H3,(H,29,34). The van der Waals surface area contributed by atoms with Gasteiger partial charge in [0.2, 0.25) is 5.60 Å². The van der Waals surface area contributed by atoms with Gasteiger partial charge in [0.05, 0.1) is 11.1 Å². The van der Waals surface area contributed by atoms with Crippen LogP contribution in [0, 0.1) is 6.92 Å². The van der Waals surface area contributed by atoms with Crippen LogP contribution in [-0.2, 0) is 4.79 Å². The second kappa shape index (κ2) is 9.33. The number of aliphatic hydroxyl groups excluding tert-OH is 1. The molecule has 1 aliphatic carbocycles. The second-order valence-corrected chi connectivity index (χ2v) is 9.03. The summed E-state index contributed by atoms with van der Waals surface area (Å²) in [5, 5.41) is 23.3. The smallest absolute Gasteiger partial charge is 0.426 e. The molecule has 0 saturated carbocycles. The van der Waals surface area contributed by atoms with Gasteiger partial charge < -0.3 is 20.4 Å². The predicted molar refractivity (Wildman–Crippen MR) is 127 cm³/mol. The molecule has 1 saturated heterocycles. The van der Waals surface area contributed by atoms with Crippen LogP contribution in [0.1, 0.15) is 37.6 Å². The van der Waals surface area contributed by atoms with Gasteiger partial charge in [-0.3, -0.25) is 4.79 Å².